The van der Waals surface area contributed by atoms with E-state index in [2.05, 4.69) is 52.8 Å². The van der Waals surface area contributed by atoms with Crippen molar-refractivity contribution in [1.29, 1.82) is 0 Å². The number of hydrogen-bond donors (Lipinski definition) is 1. The summed E-state index contributed by atoms with van der Waals surface area (Å²) in [5.41, 5.74) is 11.4. The zero-order valence-electron chi connectivity index (χ0n) is 15.6. The largest absolute Gasteiger partial charge is 0.383 e. The highest BCUT2D eigenvalue weighted by Crippen LogP contribution is 2.35. The summed E-state index contributed by atoms with van der Waals surface area (Å²) in [6.07, 6.45) is 0.941. The first kappa shape index (κ1) is 18.3. The van der Waals surface area contributed by atoms with E-state index in [0.29, 0.717) is 17.7 Å². The van der Waals surface area contributed by atoms with Crippen LogP contribution >= 0.6 is 0 Å². The first-order valence-corrected chi connectivity index (χ1v) is 8.97. The molecule has 0 amide bonds. The molecule has 2 N–H and O–H groups in total. The number of benzene rings is 2. The van der Waals surface area contributed by atoms with Crippen molar-refractivity contribution >= 4 is 5.84 Å². The minimum atomic E-state index is 0.0983. The molecule has 2 rings (SSSR count). The maximum absolute atomic E-state index is 6.31. The van der Waals surface area contributed by atoms with Gasteiger partial charge in [0.2, 0.25) is 0 Å². The van der Waals surface area contributed by atoms with Crippen LogP contribution in [0.3, 0.4) is 0 Å². The summed E-state index contributed by atoms with van der Waals surface area (Å²) < 4.78 is 0. The van der Waals surface area contributed by atoms with E-state index in [1.807, 2.05) is 30.3 Å². The molecule has 2 nitrogen and oxygen atoms in total. The second-order valence-electron chi connectivity index (χ2n) is 6.96. The Labute approximate surface area is 146 Å². The van der Waals surface area contributed by atoms with E-state index in [4.69, 9.17) is 10.7 Å². The van der Waals surface area contributed by atoms with Crippen LogP contribution < -0.4 is 5.73 Å². The molecule has 0 heterocycles. The van der Waals surface area contributed by atoms with E-state index >= 15 is 0 Å². The average molecular weight is 322 g/mol. The Morgan fingerprint density at radius 2 is 1.42 bits per heavy atom. The van der Waals surface area contributed by atoms with Crippen LogP contribution in [0.1, 0.15) is 81.2 Å². The lowest BCUT2D eigenvalue weighted by atomic mass is 9.84. The monoisotopic (exact) mass is 322 g/mol. The summed E-state index contributed by atoms with van der Waals surface area (Å²) in [5.74, 6) is 1.57. The van der Waals surface area contributed by atoms with Crippen molar-refractivity contribution in [3.8, 4) is 0 Å². The fourth-order valence-corrected chi connectivity index (χ4v) is 3.20. The van der Waals surface area contributed by atoms with Gasteiger partial charge in [-0.1, -0.05) is 83.1 Å². The van der Waals surface area contributed by atoms with Crippen LogP contribution in [-0.4, -0.2) is 5.84 Å². The van der Waals surface area contributed by atoms with Crippen molar-refractivity contribution in [3.63, 3.8) is 0 Å². The normalized spacial score (nSPS) is 13.5. The molecule has 128 valence electrons. The van der Waals surface area contributed by atoms with Crippen molar-refractivity contribution in [1.82, 2.24) is 0 Å². The fraction of sp³-hybridized carbons (Fsp3) is 0.409. The summed E-state index contributed by atoms with van der Waals surface area (Å²) >= 11 is 0. The zero-order chi connectivity index (χ0) is 17.7. The van der Waals surface area contributed by atoms with Gasteiger partial charge in [0.25, 0.3) is 0 Å². The highest BCUT2D eigenvalue weighted by Gasteiger charge is 2.20. The minimum absolute atomic E-state index is 0.0983. The van der Waals surface area contributed by atoms with Crippen LogP contribution in [0.4, 0.5) is 0 Å². The summed E-state index contributed by atoms with van der Waals surface area (Å²) in [6, 6.07) is 16.8. The predicted molar refractivity (Wildman–Crippen MR) is 105 cm³/mol. The Morgan fingerprint density at radius 3 is 1.88 bits per heavy atom. The van der Waals surface area contributed by atoms with Gasteiger partial charge in [-0.3, -0.25) is 4.99 Å². The van der Waals surface area contributed by atoms with Crippen LogP contribution in [0.15, 0.2) is 53.5 Å². The molecule has 0 aliphatic rings. The molecule has 0 bridgehead atoms. The number of nitrogens with zero attached hydrogens (tertiary/aromatic N) is 1. The van der Waals surface area contributed by atoms with Crippen LogP contribution in [0.2, 0.25) is 0 Å². The summed E-state index contributed by atoms with van der Waals surface area (Å²) in [6.45, 7) is 11.2. The molecule has 1 atom stereocenters. The predicted octanol–water partition coefficient (Wildman–Crippen LogP) is 5.79. The fourth-order valence-electron chi connectivity index (χ4n) is 3.20. The second kappa shape index (κ2) is 8.14. The Bertz CT molecular complexity index is 658. The van der Waals surface area contributed by atoms with Gasteiger partial charge >= 0.3 is 0 Å². The lowest BCUT2D eigenvalue weighted by Gasteiger charge is -2.24. The van der Waals surface area contributed by atoms with Crippen molar-refractivity contribution in [3.05, 3.63) is 70.8 Å². The quantitative estimate of drug-likeness (QED) is 0.530. The molecule has 0 radical (unpaired) electrons. The van der Waals surface area contributed by atoms with Crippen LogP contribution in [0, 0.1) is 0 Å². The Kier molecular flexibility index (Phi) is 6.19. The average Bonchev–Trinajstić information content (AvgIpc) is 2.59. The van der Waals surface area contributed by atoms with Gasteiger partial charge in [-0.2, -0.15) is 0 Å². The minimum Gasteiger partial charge on any atom is -0.383 e. The Hall–Kier alpha value is -2.09. The van der Waals surface area contributed by atoms with Crippen molar-refractivity contribution in [2.75, 3.05) is 0 Å². The lowest BCUT2D eigenvalue weighted by molar-refractivity contribution is 0.660. The first-order chi connectivity index (χ1) is 11.5. The van der Waals surface area contributed by atoms with Crippen LogP contribution in [0.25, 0.3) is 0 Å². The topological polar surface area (TPSA) is 38.4 Å². The maximum Gasteiger partial charge on any atom is 0.126 e. The summed E-state index contributed by atoms with van der Waals surface area (Å²) in [5, 5.41) is 0. The van der Waals surface area contributed by atoms with E-state index < -0.39 is 0 Å². The third-order valence-electron chi connectivity index (χ3n) is 4.50. The standard InChI is InChI=1S/C22H30N2/c1-6-20(24-22(23)17-11-8-7-9-12-17)21-18(15(2)3)13-10-14-19(21)16(4)5/h7-16,20H,6H2,1-5H3,(H2,23,24). The molecular formula is C22H30N2. The highest BCUT2D eigenvalue weighted by molar-refractivity contribution is 5.97. The molecule has 0 saturated carbocycles. The molecule has 1 unspecified atom stereocenters. The van der Waals surface area contributed by atoms with Gasteiger partial charge < -0.3 is 5.73 Å². The molecule has 2 heteroatoms. The van der Waals surface area contributed by atoms with Crippen molar-refractivity contribution in [2.45, 2.75) is 58.9 Å². The van der Waals surface area contributed by atoms with Gasteiger partial charge in [-0.15, -0.1) is 0 Å². The Morgan fingerprint density at radius 1 is 0.875 bits per heavy atom. The third-order valence-corrected chi connectivity index (χ3v) is 4.50. The molecule has 0 aromatic heterocycles. The second-order valence-corrected chi connectivity index (χ2v) is 6.96. The van der Waals surface area contributed by atoms with E-state index in [9.17, 15) is 0 Å². The number of amidine groups is 1. The maximum atomic E-state index is 6.31. The number of aliphatic imine (C=N–C) groups is 1. The van der Waals surface area contributed by atoms with Crippen molar-refractivity contribution < 1.29 is 0 Å². The molecule has 2 aromatic rings. The Balaban J connectivity index is 2.54. The first-order valence-electron chi connectivity index (χ1n) is 8.97. The SMILES string of the molecule is CCC(N=C(N)c1ccccc1)c1c(C(C)C)cccc1C(C)C. The molecular weight excluding hydrogens is 292 g/mol. The van der Waals surface area contributed by atoms with Crippen molar-refractivity contribution in [2.24, 2.45) is 10.7 Å². The van der Waals surface area contributed by atoms with E-state index in [0.717, 1.165) is 12.0 Å². The number of hydrogen-bond acceptors (Lipinski definition) is 1. The van der Waals surface area contributed by atoms with Crippen LogP contribution in [0.5, 0.6) is 0 Å². The summed E-state index contributed by atoms with van der Waals surface area (Å²) in [4.78, 5) is 4.92. The highest BCUT2D eigenvalue weighted by atomic mass is 14.9. The molecule has 0 saturated heterocycles. The number of nitrogens with two attached hydrogens (primary N) is 1. The van der Waals surface area contributed by atoms with Gasteiger partial charge in [-0.05, 0) is 34.9 Å². The van der Waals surface area contributed by atoms with E-state index in [1.54, 1.807) is 0 Å². The van der Waals surface area contributed by atoms with Gasteiger partial charge in [0.05, 0.1) is 6.04 Å². The van der Waals surface area contributed by atoms with Gasteiger partial charge in [0, 0.05) is 5.56 Å². The number of rotatable bonds is 6. The van der Waals surface area contributed by atoms with E-state index in [1.165, 1.54) is 16.7 Å². The summed E-state index contributed by atoms with van der Waals surface area (Å²) in [7, 11) is 0. The molecule has 24 heavy (non-hydrogen) atoms. The molecule has 0 fully saturated rings. The van der Waals surface area contributed by atoms with Gasteiger partial charge in [0.1, 0.15) is 5.84 Å². The van der Waals surface area contributed by atoms with E-state index in [-0.39, 0.29) is 6.04 Å². The third kappa shape index (κ3) is 4.05. The smallest absolute Gasteiger partial charge is 0.126 e. The molecule has 0 aliphatic carbocycles. The lowest BCUT2D eigenvalue weighted by Crippen LogP contribution is -2.16. The van der Waals surface area contributed by atoms with Gasteiger partial charge in [-0.25, -0.2) is 0 Å². The molecule has 0 spiro atoms. The van der Waals surface area contributed by atoms with Gasteiger partial charge in [0.15, 0.2) is 0 Å². The molecule has 2 aromatic carbocycles. The molecule has 0 aliphatic heterocycles. The zero-order valence-corrected chi connectivity index (χ0v) is 15.6. The van der Waals surface area contributed by atoms with Crippen LogP contribution in [-0.2, 0) is 0 Å².